The van der Waals surface area contributed by atoms with Crippen molar-refractivity contribution >= 4 is 5.91 Å². The van der Waals surface area contributed by atoms with Crippen molar-refractivity contribution in [2.24, 2.45) is 5.41 Å². The molecular weight excluding hydrogens is 272 g/mol. The molecule has 6 nitrogen and oxygen atoms in total. The SMILES string of the molecule is CC(C)c1cc(C(=O)N2CCC(CO)(CO)C2)cc(=O)[nH]1. The van der Waals surface area contributed by atoms with Crippen LogP contribution in [0.5, 0.6) is 0 Å². The van der Waals surface area contributed by atoms with Crippen molar-refractivity contribution in [1.82, 2.24) is 9.88 Å². The number of amides is 1. The summed E-state index contributed by atoms with van der Waals surface area (Å²) in [5.41, 5.74) is 0.159. The van der Waals surface area contributed by atoms with Gasteiger partial charge in [-0.25, -0.2) is 0 Å². The number of likely N-dealkylation sites (tertiary alicyclic amines) is 1. The summed E-state index contributed by atoms with van der Waals surface area (Å²) in [6.07, 6.45) is 0.561. The number of hydrogen-bond donors (Lipinski definition) is 3. The van der Waals surface area contributed by atoms with Crippen molar-refractivity contribution < 1.29 is 15.0 Å². The van der Waals surface area contributed by atoms with Crippen molar-refractivity contribution in [1.29, 1.82) is 0 Å². The fourth-order valence-electron chi connectivity index (χ4n) is 2.60. The number of aromatic nitrogens is 1. The molecule has 0 saturated carbocycles. The number of aromatic amines is 1. The van der Waals surface area contributed by atoms with Crippen LogP contribution in [0.1, 0.15) is 42.2 Å². The van der Waals surface area contributed by atoms with Gasteiger partial charge in [0.05, 0.1) is 13.2 Å². The average Bonchev–Trinajstić information content (AvgIpc) is 2.91. The maximum absolute atomic E-state index is 12.5. The lowest BCUT2D eigenvalue weighted by Gasteiger charge is -2.24. The highest BCUT2D eigenvalue weighted by atomic mass is 16.3. The van der Waals surface area contributed by atoms with E-state index in [1.165, 1.54) is 6.07 Å². The molecule has 1 amide bonds. The summed E-state index contributed by atoms with van der Waals surface area (Å²) >= 11 is 0. The number of carbonyl (C=O) groups is 1. The van der Waals surface area contributed by atoms with Gasteiger partial charge in [0.1, 0.15) is 0 Å². The molecule has 0 atom stereocenters. The number of aliphatic hydroxyl groups is 2. The Balaban J connectivity index is 2.24. The van der Waals surface area contributed by atoms with Crippen LogP contribution in [0, 0.1) is 5.41 Å². The highest BCUT2D eigenvalue weighted by Crippen LogP contribution is 2.30. The van der Waals surface area contributed by atoms with Gasteiger partial charge in [-0.1, -0.05) is 13.8 Å². The normalized spacial score (nSPS) is 17.5. The van der Waals surface area contributed by atoms with Gasteiger partial charge in [0.25, 0.3) is 5.91 Å². The minimum atomic E-state index is -0.627. The molecule has 1 aromatic rings. The second kappa shape index (κ2) is 5.99. The van der Waals surface area contributed by atoms with Crippen molar-refractivity contribution in [3.63, 3.8) is 0 Å². The maximum Gasteiger partial charge on any atom is 0.254 e. The van der Waals surface area contributed by atoms with Crippen molar-refractivity contribution in [2.45, 2.75) is 26.2 Å². The highest BCUT2D eigenvalue weighted by Gasteiger charge is 2.39. The second-order valence-corrected chi connectivity index (χ2v) is 6.14. The molecule has 1 fully saturated rings. The summed E-state index contributed by atoms with van der Waals surface area (Å²) in [5.74, 6) is -0.107. The molecule has 1 aliphatic rings. The predicted octanol–water partition coefficient (Wildman–Crippen LogP) is 0.315. The summed E-state index contributed by atoms with van der Waals surface area (Å²) in [6.45, 7) is 4.36. The van der Waals surface area contributed by atoms with E-state index in [1.807, 2.05) is 13.8 Å². The zero-order chi connectivity index (χ0) is 15.6. The molecule has 1 aromatic heterocycles. The zero-order valence-corrected chi connectivity index (χ0v) is 12.4. The molecule has 0 aliphatic carbocycles. The van der Waals surface area contributed by atoms with Crippen LogP contribution in [0.15, 0.2) is 16.9 Å². The Morgan fingerprint density at radius 1 is 1.38 bits per heavy atom. The zero-order valence-electron chi connectivity index (χ0n) is 12.4. The molecule has 0 bridgehead atoms. The molecular formula is C15H22N2O4. The van der Waals surface area contributed by atoms with E-state index in [2.05, 4.69) is 4.98 Å². The number of carbonyl (C=O) groups excluding carboxylic acids is 1. The summed E-state index contributed by atoms with van der Waals surface area (Å²) in [7, 11) is 0. The summed E-state index contributed by atoms with van der Waals surface area (Å²) in [6, 6.07) is 3.00. The number of hydrogen-bond acceptors (Lipinski definition) is 4. The van der Waals surface area contributed by atoms with Crippen LogP contribution in [-0.4, -0.2) is 52.3 Å². The third kappa shape index (κ3) is 3.16. The Bertz CT molecular complexity index is 575. The Morgan fingerprint density at radius 3 is 2.57 bits per heavy atom. The van der Waals surface area contributed by atoms with Crippen molar-refractivity contribution in [2.75, 3.05) is 26.3 Å². The summed E-state index contributed by atoms with van der Waals surface area (Å²) in [4.78, 5) is 28.5. The molecule has 1 saturated heterocycles. The number of H-pyrrole nitrogens is 1. The van der Waals surface area contributed by atoms with Gasteiger partial charge in [0, 0.05) is 35.8 Å². The number of aliphatic hydroxyl groups excluding tert-OH is 2. The number of rotatable bonds is 4. The smallest absolute Gasteiger partial charge is 0.254 e. The third-order valence-corrected chi connectivity index (χ3v) is 4.13. The topological polar surface area (TPSA) is 93.6 Å². The van der Waals surface area contributed by atoms with Crippen LogP contribution in [0.4, 0.5) is 0 Å². The van der Waals surface area contributed by atoms with Crippen LogP contribution in [-0.2, 0) is 0 Å². The number of nitrogens with one attached hydrogen (secondary N) is 1. The molecule has 6 heteroatoms. The number of nitrogens with zero attached hydrogens (tertiary/aromatic N) is 1. The number of pyridine rings is 1. The van der Waals surface area contributed by atoms with Gasteiger partial charge >= 0.3 is 0 Å². The molecule has 0 aromatic carbocycles. The van der Waals surface area contributed by atoms with Gasteiger partial charge in [-0.15, -0.1) is 0 Å². The van der Waals surface area contributed by atoms with Crippen LogP contribution >= 0.6 is 0 Å². The van der Waals surface area contributed by atoms with E-state index >= 15 is 0 Å². The van der Waals surface area contributed by atoms with Crippen LogP contribution in [0.25, 0.3) is 0 Å². The highest BCUT2D eigenvalue weighted by molar-refractivity contribution is 5.94. The monoisotopic (exact) mass is 294 g/mol. The standard InChI is InChI=1S/C15H22N2O4/c1-10(2)12-5-11(6-13(20)16-12)14(21)17-4-3-15(7-17,8-18)9-19/h5-6,10,18-19H,3-4,7-9H2,1-2H3,(H,16,20). The molecule has 3 N–H and O–H groups in total. The lowest BCUT2D eigenvalue weighted by Crippen LogP contribution is -2.36. The molecule has 1 aliphatic heterocycles. The van der Waals surface area contributed by atoms with Crippen LogP contribution < -0.4 is 5.56 Å². The summed E-state index contributed by atoms with van der Waals surface area (Å²) < 4.78 is 0. The predicted molar refractivity (Wildman–Crippen MR) is 78.3 cm³/mol. The Labute approximate surface area is 123 Å². The van der Waals surface area contributed by atoms with E-state index in [1.54, 1.807) is 11.0 Å². The lowest BCUT2D eigenvalue weighted by atomic mass is 9.89. The maximum atomic E-state index is 12.5. The first-order chi connectivity index (χ1) is 9.90. The van der Waals surface area contributed by atoms with Gasteiger partial charge in [-0.05, 0) is 18.4 Å². The lowest BCUT2D eigenvalue weighted by molar-refractivity contribution is 0.0548. The molecule has 2 rings (SSSR count). The van der Waals surface area contributed by atoms with Crippen LogP contribution in [0.3, 0.4) is 0 Å². The first kappa shape index (κ1) is 15.7. The van der Waals surface area contributed by atoms with Gasteiger partial charge in [-0.2, -0.15) is 0 Å². The Kier molecular flexibility index (Phi) is 4.49. The molecule has 0 radical (unpaired) electrons. The van der Waals surface area contributed by atoms with E-state index in [-0.39, 0.29) is 30.6 Å². The molecule has 0 spiro atoms. The summed E-state index contributed by atoms with van der Waals surface area (Å²) in [5, 5.41) is 18.8. The van der Waals surface area contributed by atoms with Gasteiger partial charge in [-0.3, -0.25) is 9.59 Å². The van der Waals surface area contributed by atoms with Gasteiger partial charge < -0.3 is 20.1 Å². The minimum Gasteiger partial charge on any atom is -0.396 e. The van der Waals surface area contributed by atoms with E-state index in [9.17, 15) is 19.8 Å². The third-order valence-electron chi connectivity index (χ3n) is 4.13. The molecule has 0 unspecified atom stereocenters. The minimum absolute atomic E-state index is 0.123. The van der Waals surface area contributed by atoms with E-state index in [0.29, 0.717) is 25.1 Å². The van der Waals surface area contributed by atoms with Gasteiger partial charge in [0.15, 0.2) is 0 Å². The first-order valence-corrected chi connectivity index (χ1v) is 7.16. The molecule has 21 heavy (non-hydrogen) atoms. The molecule has 116 valence electrons. The second-order valence-electron chi connectivity index (χ2n) is 6.14. The van der Waals surface area contributed by atoms with Crippen molar-refractivity contribution in [3.8, 4) is 0 Å². The van der Waals surface area contributed by atoms with E-state index in [4.69, 9.17) is 0 Å². The Hall–Kier alpha value is -1.66. The van der Waals surface area contributed by atoms with Crippen LogP contribution in [0.2, 0.25) is 0 Å². The van der Waals surface area contributed by atoms with E-state index < -0.39 is 5.41 Å². The average molecular weight is 294 g/mol. The Morgan fingerprint density at radius 2 is 2.05 bits per heavy atom. The first-order valence-electron chi connectivity index (χ1n) is 7.16. The largest absolute Gasteiger partial charge is 0.396 e. The van der Waals surface area contributed by atoms with E-state index in [0.717, 1.165) is 5.69 Å². The van der Waals surface area contributed by atoms with Gasteiger partial charge in [0.2, 0.25) is 5.56 Å². The molecule has 2 heterocycles. The van der Waals surface area contributed by atoms with Crippen molar-refractivity contribution in [3.05, 3.63) is 33.7 Å². The fraction of sp³-hybridized carbons (Fsp3) is 0.600. The fourth-order valence-corrected chi connectivity index (χ4v) is 2.60. The quantitative estimate of drug-likeness (QED) is 0.745.